The van der Waals surface area contributed by atoms with Crippen molar-refractivity contribution < 1.29 is 14.6 Å². The number of aryl methyl sites for hydroxylation is 1. The van der Waals surface area contributed by atoms with Gasteiger partial charge in [-0.3, -0.25) is 4.79 Å². The second kappa shape index (κ2) is 6.94. The van der Waals surface area contributed by atoms with E-state index in [-0.39, 0.29) is 6.10 Å². The van der Waals surface area contributed by atoms with Gasteiger partial charge >= 0.3 is 5.97 Å². The van der Waals surface area contributed by atoms with Crippen LogP contribution in [0, 0.1) is 6.92 Å². The Morgan fingerprint density at radius 1 is 1.38 bits per heavy atom. The molecule has 0 bridgehead atoms. The Morgan fingerprint density at radius 2 is 2.00 bits per heavy atom. The monoisotopic (exact) mass is 293 g/mol. The van der Waals surface area contributed by atoms with Crippen molar-refractivity contribution in [1.82, 2.24) is 5.32 Å². The normalized spacial score (nSPS) is 15.6. The summed E-state index contributed by atoms with van der Waals surface area (Å²) in [6, 6.07) is 6.05. The smallest absolute Gasteiger partial charge is 0.323 e. The lowest BCUT2D eigenvalue weighted by Gasteiger charge is -2.28. The molecule has 0 radical (unpaired) electrons. The Labute approximate surface area is 127 Å². The highest BCUT2D eigenvalue weighted by atomic mass is 16.5. The molecule has 2 atom stereocenters. The van der Waals surface area contributed by atoms with Crippen molar-refractivity contribution >= 4 is 5.97 Å². The third-order valence-corrected chi connectivity index (χ3v) is 3.92. The number of rotatable bonds is 7. The predicted octanol–water partition coefficient (Wildman–Crippen LogP) is 3.34. The van der Waals surface area contributed by atoms with Gasteiger partial charge in [-0.1, -0.05) is 19.9 Å². The molecule has 4 nitrogen and oxygen atoms in total. The van der Waals surface area contributed by atoms with E-state index in [0.29, 0.717) is 12.3 Å². The van der Waals surface area contributed by atoms with E-state index in [1.165, 1.54) is 11.1 Å². The number of carboxylic acids is 1. The van der Waals surface area contributed by atoms with Gasteiger partial charge in [0.15, 0.2) is 0 Å². The summed E-state index contributed by atoms with van der Waals surface area (Å²) < 4.78 is 5.87. The maximum absolute atomic E-state index is 11.3. The fourth-order valence-corrected chi connectivity index (χ4v) is 2.51. The average molecular weight is 293 g/mol. The Hall–Kier alpha value is -1.55. The highest BCUT2D eigenvalue weighted by Gasteiger charge is 2.33. The van der Waals surface area contributed by atoms with Crippen LogP contribution in [0.4, 0.5) is 0 Å². The molecule has 0 heterocycles. The number of aliphatic carboxylic acids is 1. The van der Waals surface area contributed by atoms with E-state index >= 15 is 0 Å². The van der Waals surface area contributed by atoms with Crippen molar-refractivity contribution in [1.29, 1.82) is 0 Å². The maximum Gasteiger partial charge on any atom is 0.323 e. The van der Waals surface area contributed by atoms with Crippen molar-refractivity contribution in [3.63, 3.8) is 0 Å². The average Bonchev–Trinajstić information content (AvgIpc) is 2.37. The van der Waals surface area contributed by atoms with E-state index in [1.807, 2.05) is 19.1 Å². The van der Waals surface area contributed by atoms with Crippen LogP contribution in [-0.4, -0.2) is 29.8 Å². The van der Waals surface area contributed by atoms with Gasteiger partial charge in [-0.2, -0.15) is 0 Å². The van der Waals surface area contributed by atoms with Gasteiger partial charge in [0.2, 0.25) is 0 Å². The third-order valence-electron chi connectivity index (χ3n) is 3.92. The highest BCUT2D eigenvalue weighted by Crippen LogP contribution is 2.25. The molecule has 0 fully saturated rings. The number of hydrogen-bond donors (Lipinski definition) is 2. The highest BCUT2D eigenvalue weighted by molar-refractivity contribution is 5.78. The van der Waals surface area contributed by atoms with Crippen molar-refractivity contribution in [2.45, 2.75) is 58.6 Å². The van der Waals surface area contributed by atoms with Gasteiger partial charge in [-0.05, 0) is 57.0 Å². The number of benzene rings is 1. The van der Waals surface area contributed by atoms with Gasteiger partial charge in [-0.15, -0.1) is 0 Å². The Bertz CT molecular complexity index is 499. The zero-order valence-electron chi connectivity index (χ0n) is 13.9. The molecule has 0 aliphatic rings. The Kier molecular flexibility index (Phi) is 5.78. The molecule has 1 rings (SSSR count). The fourth-order valence-electron chi connectivity index (χ4n) is 2.51. The fraction of sp³-hybridized carbons (Fsp3) is 0.588. The van der Waals surface area contributed by atoms with Crippen LogP contribution in [0.2, 0.25) is 0 Å². The molecule has 118 valence electrons. The number of likely N-dealkylation sites (N-methyl/N-ethyl adjacent to an activating group) is 1. The SMILES string of the molecule is CNC(C)(CC(C)Oc1ccc(C(C)C)c(C)c1)C(=O)O. The summed E-state index contributed by atoms with van der Waals surface area (Å²) >= 11 is 0. The number of carbonyl (C=O) groups is 1. The summed E-state index contributed by atoms with van der Waals surface area (Å²) in [5.41, 5.74) is 1.52. The van der Waals surface area contributed by atoms with Crippen LogP contribution in [-0.2, 0) is 4.79 Å². The molecule has 0 aliphatic heterocycles. The second-order valence-corrected chi connectivity index (χ2v) is 6.19. The van der Waals surface area contributed by atoms with Crippen LogP contribution in [0.15, 0.2) is 18.2 Å². The molecule has 4 heteroatoms. The van der Waals surface area contributed by atoms with E-state index in [2.05, 4.69) is 32.2 Å². The Balaban J connectivity index is 2.77. The topological polar surface area (TPSA) is 58.6 Å². The summed E-state index contributed by atoms with van der Waals surface area (Å²) in [6.45, 7) is 9.96. The summed E-state index contributed by atoms with van der Waals surface area (Å²) in [5.74, 6) is 0.399. The first-order chi connectivity index (χ1) is 9.69. The molecule has 1 aromatic carbocycles. The van der Waals surface area contributed by atoms with Gasteiger partial charge in [0.1, 0.15) is 11.3 Å². The molecule has 1 aromatic rings. The van der Waals surface area contributed by atoms with E-state index in [1.54, 1.807) is 14.0 Å². The molecular formula is C17H27NO3. The number of carboxylic acid groups (broad SMARTS) is 1. The Morgan fingerprint density at radius 3 is 2.43 bits per heavy atom. The first-order valence-electron chi connectivity index (χ1n) is 7.39. The molecule has 0 aliphatic carbocycles. The molecule has 0 saturated heterocycles. The summed E-state index contributed by atoms with van der Waals surface area (Å²) in [5, 5.41) is 12.1. The van der Waals surface area contributed by atoms with E-state index < -0.39 is 11.5 Å². The van der Waals surface area contributed by atoms with Gasteiger partial charge in [0.05, 0.1) is 6.10 Å². The second-order valence-electron chi connectivity index (χ2n) is 6.19. The molecule has 2 unspecified atom stereocenters. The van der Waals surface area contributed by atoms with Crippen molar-refractivity contribution in [3.8, 4) is 5.75 Å². The summed E-state index contributed by atoms with van der Waals surface area (Å²) in [7, 11) is 1.66. The number of hydrogen-bond acceptors (Lipinski definition) is 3. The van der Waals surface area contributed by atoms with Gasteiger partial charge in [0.25, 0.3) is 0 Å². The van der Waals surface area contributed by atoms with Crippen LogP contribution in [0.25, 0.3) is 0 Å². The molecule has 0 amide bonds. The first kappa shape index (κ1) is 17.5. The quantitative estimate of drug-likeness (QED) is 0.809. The van der Waals surface area contributed by atoms with Crippen molar-refractivity contribution in [3.05, 3.63) is 29.3 Å². The minimum Gasteiger partial charge on any atom is -0.491 e. The zero-order valence-corrected chi connectivity index (χ0v) is 13.9. The van der Waals surface area contributed by atoms with Crippen LogP contribution in [0.1, 0.15) is 51.2 Å². The predicted molar refractivity (Wildman–Crippen MR) is 85.1 cm³/mol. The van der Waals surface area contributed by atoms with Crippen LogP contribution >= 0.6 is 0 Å². The van der Waals surface area contributed by atoms with E-state index in [9.17, 15) is 9.90 Å². The number of nitrogens with one attached hydrogen (secondary N) is 1. The van der Waals surface area contributed by atoms with Crippen LogP contribution in [0.3, 0.4) is 0 Å². The van der Waals surface area contributed by atoms with Crippen molar-refractivity contribution in [2.24, 2.45) is 0 Å². The lowest BCUT2D eigenvalue weighted by molar-refractivity contribution is -0.145. The van der Waals surface area contributed by atoms with Gasteiger partial charge < -0.3 is 15.2 Å². The zero-order chi connectivity index (χ0) is 16.2. The maximum atomic E-state index is 11.3. The summed E-state index contributed by atoms with van der Waals surface area (Å²) in [4.78, 5) is 11.3. The van der Waals surface area contributed by atoms with E-state index in [4.69, 9.17) is 4.74 Å². The minimum absolute atomic E-state index is 0.192. The molecule has 21 heavy (non-hydrogen) atoms. The van der Waals surface area contributed by atoms with Crippen LogP contribution in [0.5, 0.6) is 5.75 Å². The molecule has 0 spiro atoms. The minimum atomic E-state index is -0.980. The molecule has 0 saturated carbocycles. The lowest BCUT2D eigenvalue weighted by atomic mass is 9.95. The van der Waals surface area contributed by atoms with Crippen LogP contribution < -0.4 is 10.1 Å². The number of ether oxygens (including phenoxy) is 1. The summed E-state index contributed by atoms with van der Waals surface area (Å²) in [6.07, 6.45) is 0.201. The standard InChI is InChI=1S/C17H27NO3/c1-11(2)15-8-7-14(9-12(15)3)21-13(4)10-17(5,18-6)16(19)20/h7-9,11,13,18H,10H2,1-6H3,(H,19,20). The van der Waals surface area contributed by atoms with E-state index in [0.717, 1.165) is 5.75 Å². The van der Waals surface area contributed by atoms with Gasteiger partial charge in [0, 0.05) is 6.42 Å². The molecule has 0 aromatic heterocycles. The molecular weight excluding hydrogens is 266 g/mol. The largest absolute Gasteiger partial charge is 0.491 e. The lowest BCUT2D eigenvalue weighted by Crippen LogP contribution is -2.50. The third kappa shape index (κ3) is 4.46. The van der Waals surface area contributed by atoms with Gasteiger partial charge in [-0.25, -0.2) is 0 Å². The first-order valence-corrected chi connectivity index (χ1v) is 7.39. The van der Waals surface area contributed by atoms with Crippen molar-refractivity contribution in [2.75, 3.05) is 7.05 Å². The molecule has 2 N–H and O–H groups in total.